The van der Waals surface area contributed by atoms with Crippen LogP contribution in [0.4, 0.5) is 0 Å². The van der Waals surface area contributed by atoms with E-state index < -0.39 is 6.35 Å². The van der Waals surface area contributed by atoms with Crippen molar-refractivity contribution in [1.82, 2.24) is 10.6 Å². The van der Waals surface area contributed by atoms with Crippen molar-refractivity contribution in [2.45, 2.75) is 13.0 Å². The summed E-state index contributed by atoms with van der Waals surface area (Å²) >= 11 is 1.52. The van der Waals surface area contributed by atoms with Crippen LogP contribution in [0.5, 0.6) is 0 Å². The fourth-order valence-corrected chi connectivity index (χ4v) is 3.52. The highest BCUT2D eigenvalue weighted by Crippen LogP contribution is 2.32. The van der Waals surface area contributed by atoms with Gasteiger partial charge in [0.1, 0.15) is 12.3 Å². The molecule has 0 radical (unpaired) electrons. The first-order valence-electron chi connectivity index (χ1n) is 6.97. The van der Waals surface area contributed by atoms with Crippen LogP contribution in [0.3, 0.4) is 0 Å². The van der Waals surface area contributed by atoms with Crippen LogP contribution < -0.4 is 10.6 Å². The average molecular weight is 328 g/mol. The summed E-state index contributed by atoms with van der Waals surface area (Å²) in [5.74, 6) is -0.610. The lowest BCUT2D eigenvalue weighted by molar-refractivity contribution is -0.117. The molecular formula is C16H12N2O4S. The second-order valence-electron chi connectivity index (χ2n) is 5.23. The zero-order chi connectivity index (χ0) is 16.0. The van der Waals surface area contributed by atoms with Crippen molar-refractivity contribution in [2.75, 3.05) is 0 Å². The number of benzene rings is 1. The van der Waals surface area contributed by atoms with Gasteiger partial charge in [-0.2, -0.15) is 0 Å². The first kappa shape index (κ1) is 14.0. The summed E-state index contributed by atoms with van der Waals surface area (Å²) < 4.78 is 5.01. The number of carbonyl (C=O) groups excluding carboxylic acids is 2. The molecule has 2 aromatic rings. The summed E-state index contributed by atoms with van der Waals surface area (Å²) in [6, 6.07) is 9.48. The van der Waals surface area contributed by atoms with Crippen molar-refractivity contribution in [2.24, 2.45) is 0 Å². The molecule has 1 fully saturated rings. The lowest BCUT2D eigenvalue weighted by Gasteiger charge is -2.00. The molecule has 4 rings (SSSR count). The van der Waals surface area contributed by atoms with Gasteiger partial charge in [0.25, 0.3) is 5.91 Å². The van der Waals surface area contributed by atoms with E-state index in [0.29, 0.717) is 17.9 Å². The first-order valence-corrected chi connectivity index (χ1v) is 7.79. The Hall–Kier alpha value is -2.64. The topological polar surface area (TPSA) is 87.7 Å². The number of thiophene rings is 1. The Morgan fingerprint density at radius 2 is 2.09 bits per heavy atom. The van der Waals surface area contributed by atoms with Crippen LogP contribution in [-0.2, 0) is 16.1 Å². The molecule has 116 valence electrons. The molecule has 1 unspecified atom stereocenters. The van der Waals surface area contributed by atoms with Crippen LogP contribution >= 0.6 is 11.3 Å². The Labute approximate surface area is 135 Å². The van der Waals surface area contributed by atoms with Crippen LogP contribution in [0.15, 0.2) is 36.0 Å². The maximum absolute atomic E-state index is 11.6. The first-order chi connectivity index (χ1) is 11.1. The second kappa shape index (κ2) is 5.22. The van der Waals surface area contributed by atoms with Gasteiger partial charge in [-0.15, -0.1) is 11.3 Å². The molecule has 3 N–H and O–H groups in total. The zero-order valence-electron chi connectivity index (χ0n) is 11.8. The predicted octanol–water partition coefficient (Wildman–Crippen LogP) is 1.42. The largest absolute Gasteiger partial charge is 0.457 e. The highest BCUT2D eigenvalue weighted by atomic mass is 32.1. The number of ether oxygens (including phenoxy) is 1. The SMILES string of the molecule is O=C1NC(O)N/C1=C/c1ccc(-c2ccc3c(c2)COC3=O)s1. The number of aliphatic hydroxyl groups is 1. The predicted molar refractivity (Wildman–Crippen MR) is 84.1 cm³/mol. The van der Waals surface area contributed by atoms with Gasteiger partial charge < -0.3 is 20.5 Å². The average Bonchev–Trinajstić information content (AvgIpc) is 3.21. The molecule has 0 aliphatic carbocycles. The molecular weight excluding hydrogens is 316 g/mol. The Kier molecular flexibility index (Phi) is 3.17. The molecule has 1 aromatic heterocycles. The summed E-state index contributed by atoms with van der Waals surface area (Å²) in [5, 5.41) is 14.3. The molecule has 3 heterocycles. The number of esters is 1. The van der Waals surface area contributed by atoms with E-state index in [1.165, 1.54) is 11.3 Å². The summed E-state index contributed by atoms with van der Waals surface area (Å²) in [4.78, 5) is 25.0. The van der Waals surface area contributed by atoms with Crippen molar-refractivity contribution in [3.8, 4) is 10.4 Å². The van der Waals surface area contributed by atoms with Gasteiger partial charge in [0.15, 0.2) is 0 Å². The minimum Gasteiger partial charge on any atom is -0.457 e. The maximum Gasteiger partial charge on any atom is 0.338 e. The fourth-order valence-electron chi connectivity index (χ4n) is 2.57. The quantitative estimate of drug-likeness (QED) is 0.573. The van der Waals surface area contributed by atoms with Crippen molar-refractivity contribution < 1.29 is 19.4 Å². The monoisotopic (exact) mass is 328 g/mol. The van der Waals surface area contributed by atoms with Crippen LogP contribution in [0, 0.1) is 0 Å². The molecule has 23 heavy (non-hydrogen) atoms. The number of hydrogen-bond donors (Lipinski definition) is 3. The number of cyclic esters (lactones) is 1. The molecule has 2 aliphatic rings. The number of carbonyl (C=O) groups is 2. The van der Waals surface area contributed by atoms with Gasteiger partial charge in [0, 0.05) is 15.3 Å². The van der Waals surface area contributed by atoms with Crippen molar-refractivity contribution in [1.29, 1.82) is 0 Å². The Balaban J connectivity index is 1.63. The van der Waals surface area contributed by atoms with Gasteiger partial charge in [-0.1, -0.05) is 6.07 Å². The number of fused-ring (bicyclic) bond motifs is 1. The molecule has 0 spiro atoms. The standard InChI is InChI=1S/C16H12N2O4S/c19-14-12(17-16(21)18-14)6-10-2-4-13(23-10)8-1-3-11-9(5-8)7-22-15(11)20/h1-6,16-17,21H,7H2,(H,18,19)/b12-6+. The van der Waals surface area contributed by atoms with Gasteiger partial charge in [0.05, 0.1) is 5.56 Å². The third kappa shape index (κ3) is 2.49. The summed E-state index contributed by atoms with van der Waals surface area (Å²) in [7, 11) is 0. The molecule has 0 saturated carbocycles. The molecule has 1 aromatic carbocycles. The Bertz CT molecular complexity index is 856. The number of aliphatic hydroxyl groups excluding tert-OH is 1. The second-order valence-corrected chi connectivity index (χ2v) is 6.34. The van der Waals surface area contributed by atoms with E-state index in [1.807, 2.05) is 24.3 Å². The van der Waals surface area contributed by atoms with Crippen LogP contribution in [0.2, 0.25) is 0 Å². The summed E-state index contributed by atoms with van der Waals surface area (Å²) in [6.07, 6.45) is 0.655. The number of nitrogens with one attached hydrogen (secondary N) is 2. The fraction of sp³-hybridized carbons (Fsp3) is 0.125. The van der Waals surface area contributed by atoms with E-state index in [4.69, 9.17) is 4.74 Å². The summed E-state index contributed by atoms with van der Waals surface area (Å²) in [6.45, 7) is 0.312. The van der Waals surface area contributed by atoms with Crippen LogP contribution in [0.25, 0.3) is 16.5 Å². The zero-order valence-corrected chi connectivity index (χ0v) is 12.6. The van der Waals surface area contributed by atoms with E-state index in [0.717, 1.165) is 20.9 Å². The molecule has 1 saturated heterocycles. The summed E-state index contributed by atoms with van der Waals surface area (Å²) in [5.41, 5.74) is 2.84. The number of amides is 1. The Morgan fingerprint density at radius 1 is 1.22 bits per heavy atom. The van der Waals surface area contributed by atoms with Crippen LogP contribution in [0.1, 0.15) is 20.8 Å². The molecule has 7 heteroatoms. The highest BCUT2D eigenvalue weighted by Gasteiger charge is 2.23. The van der Waals surface area contributed by atoms with E-state index in [9.17, 15) is 14.7 Å². The number of rotatable bonds is 2. The molecule has 2 aliphatic heterocycles. The third-order valence-corrected chi connectivity index (χ3v) is 4.77. The smallest absolute Gasteiger partial charge is 0.338 e. The molecule has 1 amide bonds. The lowest BCUT2D eigenvalue weighted by atomic mass is 10.1. The van der Waals surface area contributed by atoms with E-state index >= 15 is 0 Å². The third-order valence-electron chi connectivity index (χ3n) is 3.69. The molecule has 1 atom stereocenters. The van der Waals surface area contributed by atoms with Crippen molar-refractivity contribution in [3.05, 3.63) is 52.0 Å². The van der Waals surface area contributed by atoms with E-state index in [-0.39, 0.29) is 11.9 Å². The van der Waals surface area contributed by atoms with Crippen molar-refractivity contribution >= 4 is 29.3 Å². The van der Waals surface area contributed by atoms with Gasteiger partial charge in [-0.25, -0.2) is 4.79 Å². The minimum absolute atomic E-state index is 0.278. The van der Waals surface area contributed by atoms with Gasteiger partial charge in [-0.05, 0) is 35.9 Å². The maximum atomic E-state index is 11.6. The molecule has 6 nitrogen and oxygen atoms in total. The van der Waals surface area contributed by atoms with Gasteiger partial charge in [0.2, 0.25) is 6.35 Å². The molecule has 0 bridgehead atoms. The van der Waals surface area contributed by atoms with Gasteiger partial charge in [-0.3, -0.25) is 4.79 Å². The van der Waals surface area contributed by atoms with Crippen LogP contribution in [-0.4, -0.2) is 23.3 Å². The van der Waals surface area contributed by atoms with Crippen molar-refractivity contribution in [3.63, 3.8) is 0 Å². The number of hydrogen-bond acceptors (Lipinski definition) is 6. The lowest BCUT2D eigenvalue weighted by Crippen LogP contribution is -2.30. The Morgan fingerprint density at radius 3 is 2.87 bits per heavy atom. The van der Waals surface area contributed by atoms with Gasteiger partial charge >= 0.3 is 5.97 Å². The van der Waals surface area contributed by atoms with E-state index in [1.54, 1.807) is 12.1 Å². The minimum atomic E-state index is -1.04. The normalized spacial score (nSPS) is 21.1. The van der Waals surface area contributed by atoms with E-state index in [2.05, 4.69) is 10.6 Å². The highest BCUT2D eigenvalue weighted by molar-refractivity contribution is 7.16.